The third-order valence-electron chi connectivity index (χ3n) is 3.62. The predicted octanol–water partition coefficient (Wildman–Crippen LogP) is 0.225. The maximum Gasteiger partial charge on any atom is 0.220 e. The maximum absolute atomic E-state index is 11.8. The fourth-order valence-electron chi connectivity index (χ4n) is 2.18. The summed E-state index contributed by atoms with van der Waals surface area (Å²) in [5.74, 6) is -0.0500. The smallest absolute Gasteiger partial charge is 0.220 e. The van der Waals surface area contributed by atoms with Crippen molar-refractivity contribution in [2.24, 2.45) is 0 Å². The van der Waals surface area contributed by atoms with Crippen LogP contribution in [0.15, 0.2) is 0 Å². The Hall–Kier alpha value is -1.40. The summed E-state index contributed by atoms with van der Waals surface area (Å²) in [7, 11) is 0. The van der Waals surface area contributed by atoms with E-state index in [1.807, 2.05) is 13.8 Å². The molecule has 0 radical (unpaired) electrons. The molecule has 1 fully saturated rings. The van der Waals surface area contributed by atoms with E-state index in [9.17, 15) is 9.90 Å². The number of aliphatic hydroxyl groups excluding tert-OH is 1. The number of nitrogens with one attached hydrogen (secondary N) is 2. The van der Waals surface area contributed by atoms with Crippen LogP contribution in [0.3, 0.4) is 0 Å². The topological polar surface area (TPSA) is 87.2 Å². The molecule has 1 amide bonds. The lowest BCUT2D eigenvalue weighted by molar-refractivity contribution is -0.124. The quantitative estimate of drug-likeness (QED) is 0.728. The van der Waals surface area contributed by atoms with E-state index in [2.05, 4.69) is 15.5 Å². The van der Waals surface area contributed by atoms with Gasteiger partial charge in [-0.2, -0.15) is 5.10 Å². The van der Waals surface area contributed by atoms with Gasteiger partial charge in [-0.05, 0) is 25.8 Å². The first kappa shape index (κ1) is 14.0. The molecule has 19 heavy (non-hydrogen) atoms. The first-order valence-electron chi connectivity index (χ1n) is 6.63. The van der Waals surface area contributed by atoms with Gasteiger partial charge < -0.3 is 15.2 Å². The van der Waals surface area contributed by atoms with Crippen molar-refractivity contribution in [1.29, 1.82) is 0 Å². The second kappa shape index (κ2) is 6.16. The van der Waals surface area contributed by atoms with E-state index < -0.39 is 6.10 Å². The van der Waals surface area contributed by atoms with Gasteiger partial charge in [-0.1, -0.05) is 0 Å². The van der Waals surface area contributed by atoms with E-state index in [1.165, 1.54) is 0 Å². The van der Waals surface area contributed by atoms with Crippen LogP contribution in [0.1, 0.15) is 29.8 Å². The van der Waals surface area contributed by atoms with Crippen molar-refractivity contribution in [3.63, 3.8) is 0 Å². The van der Waals surface area contributed by atoms with Crippen LogP contribution >= 0.6 is 0 Å². The van der Waals surface area contributed by atoms with E-state index in [1.54, 1.807) is 0 Å². The van der Waals surface area contributed by atoms with E-state index in [-0.39, 0.29) is 11.9 Å². The first-order chi connectivity index (χ1) is 9.08. The molecular formula is C13H21N3O3. The van der Waals surface area contributed by atoms with Crippen molar-refractivity contribution >= 4 is 5.91 Å². The van der Waals surface area contributed by atoms with Crippen molar-refractivity contribution in [2.45, 2.75) is 45.3 Å². The number of aliphatic hydroxyl groups is 1. The van der Waals surface area contributed by atoms with Gasteiger partial charge in [-0.3, -0.25) is 9.89 Å². The monoisotopic (exact) mass is 267 g/mol. The Morgan fingerprint density at radius 3 is 3.00 bits per heavy atom. The molecule has 0 saturated carbocycles. The molecule has 6 heteroatoms. The number of carbonyl (C=O) groups excluding carboxylic acids is 1. The van der Waals surface area contributed by atoms with Gasteiger partial charge in [0.25, 0.3) is 0 Å². The van der Waals surface area contributed by atoms with E-state index >= 15 is 0 Å². The number of ether oxygens (including phenoxy) is 1. The van der Waals surface area contributed by atoms with Crippen LogP contribution in [0.2, 0.25) is 0 Å². The number of H-pyrrole nitrogens is 1. The Morgan fingerprint density at radius 2 is 2.37 bits per heavy atom. The van der Waals surface area contributed by atoms with Crippen LogP contribution in [0.25, 0.3) is 0 Å². The largest absolute Gasteiger partial charge is 0.389 e. The highest BCUT2D eigenvalue weighted by Crippen LogP contribution is 2.11. The average Bonchev–Trinajstić information content (AvgIpc) is 2.70. The molecule has 2 heterocycles. The predicted molar refractivity (Wildman–Crippen MR) is 69.8 cm³/mol. The maximum atomic E-state index is 11.8. The van der Waals surface area contributed by atoms with Gasteiger partial charge in [0.1, 0.15) is 0 Å². The lowest BCUT2D eigenvalue weighted by atomic mass is 10.1. The van der Waals surface area contributed by atoms with Crippen LogP contribution in [-0.4, -0.2) is 46.6 Å². The van der Waals surface area contributed by atoms with Crippen LogP contribution in [0.4, 0.5) is 0 Å². The Labute approximate surface area is 112 Å². The van der Waals surface area contributed by atoms with Crippen molar-refractivity contribution in [3.05, 3.63) is 17.0 Å². The van der Waals surface area contributed by atoms with Crippen molar-refractivity contribution in [1.82, 2.24) is 15.5 Å². The third kappa shape index (κ3) is 3.54. The van der Waals surface area contributed by atoms with Crippen molar-refractivity contribution in [3.8, 4) is 0 Å². The van der Waals surface area contributed by atoms with E-state index in [0.717, 1.165) is 17.0 Å². The van der Waals surface area contributed by atoms with Gasteiger partial charge in [0.15, 0.2) is 0 Å². The van der Waals surface area contributed by atoms with Crippen molar-refractivity contribution < 1.29 is 14.6 Å². The number of hydrogen-bond donors (Lipinski definition) is 3. The van der Waals surface area contributed by atoms with Crippen LogP contribution < -0.4 is 5.32 Å². The van der Waals surface area contributed by atoms with Gasteiger partial charge in [0, 0.05) is 25.1 Å². The molecule has 2 atom stereocenters. The Kier molecular flexibility index (Phi) is 4.55. The van der Waals surface area contributed by atoms with Crippen LogP contribution in [-0.2, 0) is 16.0 Å². The molecule has 0 aliphatic carbocycles. The minimum Gasteiger partial charge on any atom is -0.389 e. The fraction of sp³-hybridized carbons (Fsp3) is 0.692. The molecule has 1 saturated heterocycles. The third-order valence-corrected chi connectivity index (χ3v) is 3.62. The number of aromatic amines is 1. The average molecular weight is 267 g/mol. The summed E-state index contributed by atoms with van der Waals surface area (Å²) in [5.41, 5.74) is 3.08. The number of amides is 1. The molecular weight excluding hydrogens is 246 g/mol. The number of carbonyl (C=O) groups is 1. The zero-order valence-corrected chi connectivity index (χ0v) is 11.4. The molecule has 0 aromatic carbocycles. The van der Waals surface area contributed by atoms with Crippen LogP contribution in [0, 0.1) is 13.8 Å². The minimum atomic E-state index is -0.605. The summed E-state index contributed by atoms with van der Waals surface area (Å²) >= 11 is 0. The lowest BCUT2D eigenvalue weighted by Crippen LogP contribution is -2.48. The molecule has 6 nitrogen and oxygen atoms in total. The molecule has 0 spiro atoms. The summed E-state index contributed by atoms with van der Waals surface area (Å²) in [6.45, 7) is 4.83. The number of aromatic nitrogens is 2. The molecule has 1 aliphatic heterocycles. The van der Waals surface area contributed by atoms with Crippen molar-refractivity contribution in [2.75, 3.05) is 13.2 Å². The second-order valence-corrected chi connectivity index (χ2v) is 5.03. The van der Waals surface area contributed by atoms with Crippen LogP contribution in [0.5, 0.6) is 0 Å². The zero-order valence-electron chi connectivity index (χ0n) is 11.4. The van der Waals surface area contributed by atoms with E-state index in [0.29, 0.717) is 32.5 Å². The summed E-state index contributed by atoms with van der Waals surface area (Å²) in [6.07, 6.45) is 1.05. The molecule has 2 rings (SSSR count). The standard InChI is InChI=1S/C13H21N3O3/c1-8-9(2)15-16-10(8)3-4-13(18)14-11-5-6-19-7-12(11)17/h11-12,17H,3-7H2,1-2H3,(H,14,18)(H,15,16)/t11-,12-/m1/s1. The molecule has 0 unspecified atom stereocenters. The Bertz CT molecular complexity index is 444. The second-order valence-electron chi connectivity index (χ2n) is 5.03. The van der Waals surface area contributed by atoms with Gasteiger partial charge in [-0.25, -0.2) is 0 Å². The first-order valence-corrected chi connectivity index (χ1v) is 6.63. The fourth-order valence-corrected chi connectivity index (χ4v) is 2.18. The zero-order chi connectivity index (χ0) is 13.8. The molecule has 3 N–H and O–H groups in total. The van der Waals surface area contributed by atoms with Gasteiger partial charge in [0.2, 0.25) is 5.91 Å². The minimum absolute atomic E-state index is 0.0500. The molecule has 1 aromatic heterocycles. The summed E-state index contributed by atoms with van der Waals surface area (Å²) in [6, 6.07) is -0.191. The lowest BCUT2D eigenvalue weighted by Gasteiger charge is -2.28. The summed E-state index contributed by atoms with van der Waals surface area (Å²) < 4.78 is 5.13. The SMILES string of the molecule is Cc1[nH]nc(CCC(=O)N[C@@H]2CCOC[C@H]2O)c1C. The van der Waals surface area contributed by atoms with Gasteiger partial charge in [-0.15, -0.1) is 0 Å². The number of rotatable bonds is 4. The normalized spacial score (nSPS) is 23.3. The van der Waals surface area contributed by atoms with E-state index in [4.69, 9.17) is 4.74 Å². The van der Waals surface area contributed by atoms with Gasteiger partial charge >= 0.3 is 0 Å². The highest BCUT2D eigenvalue weighted by molar-refractivity contribution is 5.76. The number of nitrogens with zero attached hydrogens (tertiary/aromatic N) is 1. The molecule has 1 aromatic rings. The highest BCUT2D eigenvalue weighted by Gasteiger charge is 2.25. The Balaban J connectivity index is 1.80. The number of aryl methyl sites for hydroxylation is 2. The summed E-state index contributed by atoms with van der Waals surface area (Å²) in [4.78, 5) is 11.8. The molecule has 1 aliphatic rings. The Morgan fingerprint density at radius 1 is 1.58 bits per heavy atom. The molecule has 106 valence electrons. The van der Waals surface area contributed by atoms with Gasteiger partial charge in [0.05, 0.1) is 24.4 Å². The summed E-state index contributed by atoms with van der Waals surface area (Å²) in [5, 5.41) is 19.6. The molecule has 0 bridgehead atoms. The highest BCUT2D eigenvalue weighted by atomic mass is 16.5. The number of hydrogen-bond acceptors (Lipinski definition) is 4.